The van der Waals surface area contributed by atoms with Crippen molar-refractivity contribution >= 4 is 45.6 Å². The van der Waals surface area contributed by atoms with Crippen molar-refractivity contribution in [1.82, 2.24) is 10.3 Å². The van der Waals surface area contributed by atoms with Crippen molar-refractivity contribution in [2.75, 3.05) is 24.3 Å². The van der Waals surface area contributed by atoms with Crippen LogP contribution < -0.4 is 15.5 Å². The number of anilines is 2. The Bertz CT molecular complexity index is 1190. The number of amides is 1. The van der Waals surface area contributed by atoms with E-state index in [1.807, 2.05) is 32.3 Å². The molecule has 9 heteroatoms. The van der Waals surface area contributed by atoms with E-state index in [-0.39, 0.29) is 34.3 Å². The lowest BCUT2D eigenvalue weighted by molar-refractivity contribution is -0.384. The number of nitro benzene ring substituents is 1. The van der Waals surface area contributed by atoms with E-state index in [9.17, 15) is 14.9 Å². The minimum atomic E-state index is -0.585. The molecule has 0 atom stereocenters. The van der Waals surface area contributed by atoms with Crippen molar-refractivity contribution < 1.29 is 9.72 Å². The molecule has 0 radical (unpaired) electrons. The third kappa shape index (κ3) is 5.17. The molecule has 2 N–H and O–H groups in total. The van der Waals surface area contributed by atoms with E-state index in [0.717, 1.165) is 48.1 Å². The minimum absolute atomic E-state index is 0.0165. The normalized spacial score (nSPS) is 18.0. The Morgan fingerprint density at radius 3 is 2.48 bits per heavy atom. The Morgan fingerprint density at radius 2 is 1.79 bits per heavy atom. The first-order chi connectivity index (χ1) is 15.8. The molecular weight excluding hydrogens is 442 g/mol. The fraction of sp³-hybridized carbons (Fsp3) is 0.333. The van der Waals surface area contributed by atoms with Crippen LogP contribution in [-0.4, -0.2) is 42.0 Å². The molecule has 0 unspecified atom stereocenters. The van der Waals surface area contributed by atoms with Gasteiger partial charge in [0.25, 0.3) is 11.6 Å². The van der Waals surface area contributed by atoms with Gasteiger partial charge in [0.05, 0.1) is 10.4 Å². The van der Waals surface area contributed by atoms with E-state index in [2.05, 4.69) is 27.7 Å². The quantitative estimate of drug-likeness (QED) is 0.390. The summed E-state index contributed by atoms with van der Waals surface area (Å²) in [7, 11) is 4.05. The summed E-state index contributed by atoms with van der Waals surface area (Å²) in [6.45, 7) is 0. The molecule has 2 aromatic carbocycles. The van der Waals surface area contributed by atoms with Crippen LogP contribution in [0.4, 0.5) is 17.2 Å². The fourth-order valence-electron chi connectivity index (χ4n) is 4.25. The number of benzene rings is 2. The van der Waals surface area contributed by atoms with Gasteiger partial charge in [-0.25, -0.2) is 4.98 Å². The summed E-state index contributed by atoms with van der Waals surface area (Å²) in [5.41, 5.74) is 2.03. The average molecular weight is 468 g/mol. The maximum absolute atomic E-state index is 12.6. The van der Waals surface area contributed by atoms with E-state index in [0.29, 0.717) is 0 Å². The number of halogens is 1. The van der Waals surface area contributed by atoms with Gasteiger partial charge in [-0.05, 0) is 43.9 Å². The molecule has 1 amide bonds. The van der Waals surface area contributed by atoms with Gasteiger partial charge >= 0.3 is 0 Å². The van der Waals surface area contributed by atoms with Crippen LogP contribution in [-0.2, 0) is 0 Å². The van der Waals surface area contributed by atoms with Gasteiger partial charge in [-0.3, -0.25) is 14.9 Å². The number of pyridine rings is 1. The predicted molar refractivity (Wildman–Crippen MR) is 131 cm³/mol. The highest BCUT2D eigenvalue weighted by Crippen LogP contribution is 2.30. The molecule has 4 rings (SSSR count). The van der Waals surface area contributed by atoms with Crippen molar-refractivity contribution in [3.05, 3.63) is 69.2 Å². The zero-order chi connectivity index (χ0) is 23.5. The number of para-hydroxylation sites is 1. The van der Waals surface area contributed by atoms with E-state index in [4.69, 9.17) is 16.6 Å². The van der Waals surface area contributed by atoms with Crippen LogP contribution in [0, 0.1) is 10.1 Å². The van der Waals surface area contributed by atoms with Gasteiger partial charge in [0.2, 0.25) is 0 Å². The highest BCUT2D eigenvalue weighted by atomic mass is 35.5. The topological polar surface area (TPSA) is 100 Å². The third-order valence-electron chi connectivity index (χ3n) is 6.00. The van der Waals surface area contributed by atoms with Gasteiger partial charge in [-0.1, -0.05) is 29.8 Å². The zero-order valence-corrected chi connectivity index (χ0v) is 19.3. The predicted octanol–water partition coefficient (Wildman–Crippen LogP) is 5.02. The van der Waals surface area contributed by atoms with Gasteiger partial charge in [-0.2, -0.15) is 0 Å². The molecule has 1 heterocycles. The van der Waals surface area contributed by atoms with Gasteiger partial charge in [0.15, 0.2) is 0 Å². The van der Waals surface area contributed by atoms with Crippen LogP contribution in [0.3, 0.4) is 0 Å². The smallest absolute Gasteiger partial charge is 0.288 e. The summed E-state index contributed by atoms with van der Waals surface area (Å²) in [5, 5.41) is 18.8. The largest absolute Gasteiger partial charge is 0.377 e. The number of nitro groups is 1. The van der Waals surface area contributed by atoms with E-state index in [1.54, 1.807) is 0 Å². The Labute approximate surface area is 197 Å². The lowest BCUT2D eigenvalue weighted by Crippen LogP contribution is -2.40. The second-order valence-electron chi connectivity index (χ2n) is 8.53. The first-order valence-corrected chi connectivity index (χ1v) is 11.3. The maximum atomic E-state index is 12.6. The zero-order valence-electron chi connectivity index (χ0n) is 18.5. The molecule has 0 aliphatic heterocycles. The van der Waals surface area contributed by atoms with E-state index < -0.39 is 4.92 Å². The summed E-state index contributed by atoms with van der Waals surface area (Å²) in [5.74, 6) is 0.524. The fourth-order valence-corrected chi connectivity index (χ4v) is 4.44. The van der Waals surface area contributed by atoms with Crippen LogP contribution in [0.5, 0.6) is 0 Å². The van der Waals surface area contributed by atoms with Crippen LogP contribution in [0.25, 0.3) is 10.9 Å². The Balaban J connectivity index is 1.37. The van der Waals surface area contributed by atoms with Gasteiger partial charge in [0.1, 0.15) is 10.8 Å². The number of nitrogens with zero attached hydrogens (tertiary/aromatic N) is 3. The molecule has 1 fully saturated rings. The Morgan fingerprint density at radius 1 is 1.09 bits per heavy atom. The molecule has 1 aromatic heterocycles. The summed E-state index contributed by atoms with van der Waals surface area (Å²) in [6, 6.07) is 14.6. The molecule has 33 heavy (non-hydrogen) atoms. The number of hydrogen-bond donors (Lipinski definition) is 2. The number of carbonyl (C=O) groups excluding carboxylic acids is 1. The molecular formula is C24H26ClN5O3. The third-order valence-corrected chi connectivity index (χ3v) is 6.32. The second-order valence-corrected chi connectivity index (χ2v) is 8.94. The SMILES string of the molecule is CN(C)c1cc(N[C@H]2CC[C@@H](NC(=O)c3ccc(Cl)c([N+](=O)[O-])c3)CC2)nc2ccccc12. The highest BCUT2D eigenvalue weighted by Gasteiger charge is 2.24. The minimum Gasteiger partial charge on any atom is -0.377 e. The van der Waals surface area contributed by atoms with Crippen LogP contribution in [0.1, 0.15) is 36.0 Å². The van der Waals surface area contributed by atoms with Crippen molar-refractivity contribution in [2.45, 2.75) is 37.8 Å². The lowest BCUT2D eigenvalue weighted by atomic mass is 9.91. The second kappa shape index (κ2) is 9.62. The van der Waals surface area contributed by atoms with E-state index >= 15 is 0 Å². The summed E-state index contributed by atoms with van der Waals surface area (Å²) in [6.07, 6.45) is 3.40. The number of fused-ring (bicyclic) bond motifs is 1. The van der Waals surface area contributed by atoms with Crippen molar-refractivity contribution in [2.24, 2.45) is 0 Å². The van der Waals surface area contributed by atoms with Gasteiger partial charge in [0, 0.05) is 54.9 Å². The van der Waals surface area contributed by atoms with Gasteiger partial charge < -0.3 is 15.5 Å². The first kappa shape index (κ1) is 22.8. The maximum Gasteiger partial charge on any atom is 0.288 e. The molecule has 1 aliphatic rings. The number of aromatic nitrogens is 1. The highest BCUT2D eigenvalue weighted by molar-refractivity contribution is 6.32. The molecule has 8 nitrogen and oxygen atoms in total. The van der Waals surface area contributed by atoms with Crippen molar-refractivity contribution in [3.8, 4) is 0 Å². The number of carbonyl (C=O) groups is 1. The number of hydrogen-bond acceptors (Lipinski definition) is 6. The molecule has 172 valence electrons. The molecule has 0 bridgehead atoms. The van der Waals surface area contributed by atoms with Crippen LogP contribution in [0.15, 0.2) is 48.5 Å². The molecule has 3 aromatic rings. The summed E-state index contributed by atoms with van der Waals surface area (Å²) < 4.78 is 0. The molecule has 1 aliphatic carbocycles. The number of rotatable bonds is 6. The Kier molecular flexibility index (Phi) is 6.65. The monoisotopic (exact) mass is 467 g/mol. The summed E-state index contributed by atoms with van der Waals surface area (Å²) in [4.78, 5) is 29.9. The standard InChI is InChI=1S/C24H26ClN5O3/c1-29(2)21-14-23(28-20-6-4-3-5-18(20)21)26-16-8-10-17(11-9-16)27-24(31)15-7-12-19(25)22(13-15)30(32)33/h3-7,12-14,16-17H,8-11H2,1-2H3,(H,26,28)(H,27,31)/t16-,17+. The van der Waals surface area contributed by atoms with Crippen LogP contribution >= 0.6 is 11.6 Å². The van der Waals surface area contributed by atoms with E-state index in [1.165, 1.54) is 18.2 Å². The average Bonchev–Trinajstić information content (AvgIpc) is 2.79. The number of nitrogens with one attached hydrogen (secondary N) is 2. The van der Waals surface area contributed by atoms with Gasteiger partial charge in [-0.15, -0.1) is 0 Å². The Hall–Kier alpha value is -3.39. The molecule has 1 saturated carbocycles. The lowest BCUT2D eigenvalue weighted by Gasteiger charge is -2.30. The molecule has 0 spiro atoms. The van der Waals surface area contributed by atoms with Crippen molar-refractivity contribution in [3.63, 3.8) is 0 Å². The molecule has 0 saturated heterocycles. The van der Waals surface area contributed by atoms with Crippen LogP contribution in [0.2, 0.25) is 5.02 Å². The van der Waals surface area contributed by atoms with Crippen molar-refractivity contribution in [1.29, 1.82) is 0 Å². The first-order valence-electron chi connectivity index (χ1n) is 10.9. The summed E-state index contributed by atoms with van der Waals surface area (Å²) >= 11 is 5.84.